The molecule has 42 heavy (non-hydrogen) atoms. The Kier molecular flexibility index (Phi) is 12.7. The fourth-order valence-electron chi connectivity index (χ4n) is 4.03. The zero-order chi connectivity index (χ0) is 30.6. The molecule has 0 fully saturated rings. The van der Waals surface area contributed by atoms with Crippen molar-refractivity contribution >= 4 is 33.5 Å². The van der Waals surface area contributed by atoms with Crippen molar-refractivity contribution in [1.82, 2.24) is 0 Å². The third-order valence-corrected chi connectivity index (χ3v) is 9.75. The summed E-state index contributed by atoms with van der Waals surface area (Å²) in [5, 5.41) is 0. The minimum absolute atomic E-state index is 0.225. The second kappa shape index (κ2) is 15.9. The SMILES string of the molecule is CC(C)(CCS(=O)Cc1ccc(CS(=O)CCC(C)(C)C(=O)OCc2ccccc2)cc1)C(=O)OCc1ccccc1. The molecule has 0 amide bonds. The Hall–Kier alpha value is -3.10. The zero-order valence-electron chi connectivity index (χ0n) is 25.0. The molecule has 3 rings (SSSR count). The molecule has 8 heteroatoms. The normalized spacial score (nSPS) is 13.2. The predicted molar refractivity (Wildman–Crippen MR) is 169 cm³/mol. The second-order valence-corrected chi connectivity index (χ2v) is 14.9. The summed E-state index contributed by atoms with van der Waals surface area (Å²) in [6.45, 7) is 7.73. The van der Waals surface area contributed by atoms with Crippen LogP contribution in [0.5, 0.6) is 0 Å². The minimum Gasteiger partial charge on any atom is -0.460 e. The van der Waals surface area contributed by atoms with E-state index in [0.717, 1.165) is 22.3 Å². The third-order valence-electron chi connectivity index (χ3n) is 7.12. The van der Waals surface area contributed by atoms with Gasteiger partial charge in [0.15, 0.2) is 0 Å². The Labute approximate surface area is 255 Å². The van der Waals surface area contributed by atoms with E-state index in [1.165, 1.54) is 0 Å². The fraction of sp³-hybridized carbons (Fsp3) is 0.412. The van der Waals surface area contributed by atoms with Crippen LogP contribution >= 0.6 is 0 Å². The summed E-state index contributed by atoms with van der Waals surface area (Å²) in [6.07, 6.45) is 0.918. The Morgan fingerprint density at radius 3 is 1.21 bits per heavy atom. The first kappa shape index (κ1) is 33.4. The van der Waals surface area contributed by atoms with E-state index in [1.54, 1.807) is 0 Å². The molecule has 0 heterocycles. The molecule has 3 aromatic carbocycles. The molecule has 0 saturated carbocycles. The van der Waals surface area contributed by atoms with Gasteiger partial charge < -0.3 is 9.47 Å². The molecule has 0 aliphatic carbocycles. The lowest BCUT2D eigenvalue weighted by atomic mass is 9.90. The molecule has 6 nitrogen and oxygen atoms in total. The van der Waals surface area contributed by atoms with Crippen molar-refractivity contribution in [2.45, 2.75) is 65.3 Å². The molecule has 0 N–H and O–H groups in total. The number of hydrogen-bond donors (Lipinski definition) is 0. The quantitative estimate of drug-likeness (QED) is 0.172. The van der Waals surface area contributed by atoms with Crippen LogP contribution in [-0.4, -0.2) is 31.9 Å². The van der Waals surface area contributed by atoms with Crippen molar-refractivity contribution in [3.63, 3.8) is 0 Å². The maximum absolute atomic E-state index is 12.8. The van der Waals surface area contributed by atoms with Crippen molar-refractivity contribution in [1.29, 1.82) is 0 Å². The van der Waals surface area contributed by atoms with Crippen molar-refractivity contribution in [3.05, 3.63) is 107 Å². The smallest absolute Gasteiger partial charge is 0.311 e. The average Bonchev–Trinajstić information content (AvgIpc) is 2.98. The van der Waals surface area contributed by atoms with Gasteiger partial charge in [0.2, 0.25) is 0 Å². The van der Waals surface area contributed by atoms with Crippen LogP contribution in [0.25, 0.3) is 0 Å². The van der Waals surface area contributed by atoms with Gasteiger partial charge in [0.25, 0.3) is 0 Å². The fourth-order valence-corrected chi connectivity index (χ4v) is 6.92. The number of rotatable bonds is 16. The monoisotopic (exact) mass is 610 g/mol. The molecule has 3 aromatic rings. The lowest BCUT2D eigenvalue weighted by Gasteiger charge is -2.22. The lowest BCUT2D eigenvalue weighted by molar-refractivity contribution is -0.156. The van der Waals surface area contributed by atoms with Crippen LogP contribution in [0.2, 0.25) is 0 Å². The highest BCUT2D eigenvalue weighted by Crippen LogP contribution is 2.25. The van der Waals surface area contributed by atoms with Crippen LogP contribution in [0.4, 0.5) is 0 Å². The number of carbonyl (C=O) groups is 2. The number of ether oxygens (including phenoxy) is 2. The predicted octanol–water partition coefficient (Wildman–Crippen LogP) is 6.50. The first-order valence-electron chi connectivity index (χ1n) is 14.1. The molecule has 0 aliphatic rings. The molecule has 0 spiro atoms. The first-order valence-corrected chi connectivity index (χ1v) is 17.1. The van der Waals surface area contributed by atoms with Crippen LogP contribution in [-0.2, 0) is 65.4 Å². The highest BCUT2D eigenvalue weighted by Gasteiger charge is 2.31. The van der Waals surface area contributed by atoms with Gasteiger partial charge >= 0.3 is 11.9 Å². The summed E-state index contributed by atoms with van der Waals surface area (Å²) < 4.78 is 36.5. The molecule has 2 atom stereocenters. The maximum Gasteiger partial charge on any atom is 0.311 e. The van der Waals surface area contributed by atoms with Gasteiger partial charge in [0.1, 0.15) is 13.2 Å². The van der Waals surface area contributed by atoms with Gasteiger partial charge in [-0.05, 0) is 62.8 Å². The van der Waals surface area contributed by atoms with E-state index >= 15 is 0 Å². The van der Waals surface area contributed by atoms with Crippen molar-refractivity contribution in [2.75, 3.05) is 11.5 Å². The summed E-state index contributed by atoms with van der Waals surface area (Å²) in [5.41, 5.74) is 2.25. The number of carbonyl (C=O) groups excluding carboxylic acids is 2. The van der Waals surface area contributed by atoms with E-state index in [4.69, 9.17) is 9.47 Å². The highest BCUT2D eigenvalue weighted by molar-refractivity contribution is 7.84. The van der Waals surface area contributed by atoms with Gasteiger partial charge in [-0.15, -0.1) is 0 Å². The standard InChI is InChI=1S/C34H42O6S2/c1-33(2,31(35)39-23-27-11-7-5-8-12-27)19-21-41(37)25-29-15-17-30(18-16-29)26-42(38)22-20-34(3,4)32(36)40-24-28-13-9-6-10-14-28/h5-18H,19-26H2,1-4H3. The lowest BCUT2D eigenvalue weighted by Crippen LogP contribution is -2.28. The molecule has 0 radical (unpaired) electrons. The number of benzene rings is 3. The third kappa shape index (κ3) is 11.3. The molecule has 0 aromatic heterocycles. The van der Waals surface area contributed by atoms with Crippen LogP contribution in [0, 0.1) is 10.8 Å². The van der Waals surface area contributed by atoms with Crippen LogP contribution < -0.4 is 0 Å². The highest BCUT2D eigenvalue weighted by atomic mass is 32.2. The largest absolute Gasteiger partial charge is 0.460 e. The number of esters is 2. The van der Waals surface area contributed by atoms with Gasteiger partial charge in [-0.25, -0.2) is 0 Å². The molecule has 226 valence electrons. The van der Waals surface area contributed by atoms with E-state index in [0.29, 0.717) is 35.9 Å². The molecular weight excluding hydrogens is 569 g/mol. The van der Waals surface area contributed by atoms with E-state index in [2.05, 4.69) is 0 Å². The maximum atomic E-state index is 12.8. The summed E-state index contributed by atoms with van der Waals surface area (Å²) >= 11 is 0. The first-order chi connectivity index (χ1) is 19.9. The Bertz CT molecular complexity index is 1230. The summed E-state index contributed by atoms with van der Waals surface area (Å²) in [6, 6.07) is 26.7. The van der Waals surface area contributed by atoms with Crippen molar-refractivity contribution in [3.8, 4) is 0 Å². The zero-order valence-corrected chi connectivity index (χ0v) is 26.6. The molecule has 0 saturated heterocycles. The Balaban J connectivity index is 1.38. The molecule has 0 bridgehead atoms. The summed E-state index contributed by atoms with van der Waals surface area (Å²) in [7, 11) is -2.27. The van der Waals surface area contributed by atoms with Crippen LogP contribution in [0.3, 0.4) is 0 Å². The van der Waals surface area contributed by atoms with Gasteiger partial charge in [0.05, 0.1) is 10.8 Å². The van der Waals surface area contributed by atoms with Gasteiger partial charge in [-0.3, -0.25) is 18.0 Å². The molecular formula is C34H42O6S2. The Morgan fingerprint density at radius 1 is 0.548 bits per heavy atom. The van der Waals surface area contributed by atoms with Crippen molar-refractivity contribution < 1.29 is 27.5 Å². The Morgan fingerprint density at radius 2 is 0.881 bits per heavy atom. The van der Waals surface area contributed by atoms with Gasteiger partial charge in [0, 0.05) is 44.6 Å². The minimum atomic E-state index is -1.13. The topological polar surface area (TPSA) is 86.7 Å². The van der Waals surface area contributed by atoms with E-state index in [-0.39, 0.29) is 25.2 Å². The van der Waals surface area contributed by atoms with Gasteiger partial charge in [-0.2, -0.15) is 0 Å². The molecule has 2 unspecified atom stereocenters. The second-order valence-electron chi connectivity index (χ2n) is 11.8. The average molecular weight is 611 g/mol. The molecule has 0 aliphatic heterocycles. The number of hydrogen-bond acceptors (Lipinski definition) is 6. The summed E-state index contributed by atoms with van der Waals surface area (Å²) in [5.74, 6) is 0.961. The van der Waals surface area contributed by atoms with E-state index in [1.807, 2.05) is 113 Å². The van der Waals surface area contributed by atoms with E-state index in [9.17, 15) is 18.0 Å². The van der Waals surface area contributed by atoms with Crippen LogP contribution in [0.15, 0.2) is 84.9 Å². The van der Waals surface area contributed by atoms with Crippen LogP contribution in [0.1, 0.15) is 62.8 Å². The van der Waals surface area contributed by atoms with E-state index < -0.39 is 32.4 Å². The van der Waals surface area contributed by atoms with Crippen molar-refractivity contribution in [2.24, 2.45) is 10.8 Å². The van der Waals surface area contributed by atoms with Gasteiger partial charge in [-0.1, -0.05) is 84.9 Å². The summed E-state index contributed by atoms with van der Waals surface area (Å²) in [4.78, 5) is 25.2.